The van der Waals surface area contributed by atoms with Crippen LogP contribution in [0.2, 0.25) is 0 Å². The fourth-order valence-corrected chi connectivity index (χ4v) is 7.03. The molecule has 7 nitrogen and oxygen atoms in total. The molecule has 3 aromatic carbocycles. The SMILES string of the molecule is CCCN(CCN1CCN(c2ccccc2)CC1)[C@@H]1CCc2ccc(NS(=O)(=O)c3ccc(OC)cc3)cc2C1. The Morgan fingerprint density at radius 3 is 2.38 bits per heavy atom. The highest BCUT2D eigenvalue weighted by molar-refractivity contribution is 7.92. The molecule has 0 amide bonds. The molecule has 0 saturated carbocycles. The number of nitrogens with zero attached hydrogens (tertiary/aromatic N) is 3. The molecule has 8 heteroatoms. The van der Waals surface area contributed by atoms with Crippen LogP contribution >= 0.6 is 0 Å². The second kappa shape index (κ2) is 13.1. The summed E-state index contributed by atoms with van der Waals surface area (Å²) < 4.78 is 33.9. The zero-order valence-electron chi connectivity index (χ0n) is 23.8. The van der Waals surface area contributed by atoms with Gasteiger partial charge < -0.3 is 9.64 Å². The zero-order valence-corrected chi connectivity index (χ0v) is 24.6. The number of aryl methyl sites for hydroxylation is 1. The lowest BCUT2D eigenvalue weighted by molar-refractivity contribution is 0.145. The fourth-order valence-electron chi connectivity index (χ4n) is 5.98. The molecule has 1 N–H and O–H groups in total. The van der Waals surface area contributed by atoms with Gasteiger partial charge in [0.2, 0.25) is 0 Å². The highest BCUT2D eigenvalue weighted by atomic mass is 32.2. The van der Waals surface area contributed by atoms with Gasteiger partial charge in [0.15, 0.2) is 0 Å². The Morgan fingerprint density at radius 2 is 1.68 bits per heavy atom. The van der Waals surface area contributed by atoms with Gasteiger partial charge in [0.05, 0.1) is 12.0 Å². The molecule has 2 aliphatic rings. The summed E-state index contributed by atoms with van der Waals surface area (Å²) in [6.45, 7) is 9.85. The van der Waals surface area contributed by atoms with E-state index >= 15 is 0 Å². The highest BCUT2D eigenvalue weighted by Gasteiger charge is 2.26. The zero-order chi connectivity index (χ0) is 28.0. The quantitative estimate of drug-likeness (QED) is 0.359. The standard InChI is InChI=1S/C32H42N4O3S/c1-3-17-35(21-18-34-19-22-36(23-20-34)29-7-5-4-6-8-29)30-12-10-26-9-11-28(24-27(26)25-30)33-40(37,38)32-15-13-31(39-2)14-16-32/h4-9,11,13-16,24,30,33H,3,10,12,17-23,25H2,1-2H3/t30-/m1/s1. The van der Waals surface area contributed by atoms with Crippen molar-refractivity contribution in [2.75, 3.05) is 62.5 Å². The molecule has 1 aliphatic carbocycles. The predicted molar refractivity (Wildman–Crippen MR) is 163 cm³/mol. The molecule has 1 saturated heterocycles. The van der Waals surface area contributed by atoms with Gasteiger partial charge in [-0.05, 0) is 91.9 Å². The van der Waals surface area contributed by atoms with Crippen LogP contribution < -0.4 is 14.4 Å². The number of methoxy groups -OCH3 is 1. The molecule has 5 rings (SSSR count). The summed E-state index contributed by atoms with van der Waals surface area (Å²) in [5.41, 5.74) is 4.52. The maximum Gasteiger partial charge on any atom is 0.261 e. The Kier molecular flexibility index (Phi) is 9.29. The number of nitrogens with one attached hydrogen (secondary N) is 1. The number of rotatable bonds is 11. The molecule has 0 radical (unpaired) electrons. The van der Waals surface area contributed by atoms with Crippen LogP contribution in [-0.2, 0) is 22.9 Å². The molecular weight excluding hydrogens is 520 g/mol. The Labute approximate surface area is 239 Å². The number of sulfonamides is 1. The molecule has 0 aromatic heterocycles. The summed E-state index contributed by atoms with van der Waals surface area (Å²) in [6.07, 6.45) is 4.26. The molecular formula is C32H42N4O3S. The van der Waals surface area contributed by atoms with Crippen LogP contribution in [0.25, 0.3) is 0 Å². The summed E-state index contributed by atoms with van der Waals surface area (Å²) in [4.78, 5) is 7.98. The van der Waals surface area contributed by atoms with E-state index in [2.05, 4.69) is 62.7 Å². The van der Waals surface area contributed by atoms with Crippen LogP contribution in [0, 0.1) is 0 Å². The third kappa shape index (κ3) is 6.97. The second-order valence-electron chi connectivity index (χ2n) is 10.9. The van der Waals surface area contributed by atoms with Crippen molar-refractivity contribution >= 4 is 21.4 Å². The Hall–Kier alpha value is -3.07. The maximum atomic E-state index is 13.0. The minimum Gasteiger partial charge on any atom is -0.497 e. The lowest BCUT2D eigenvalue weighted by atomic mass is 9.87. The molecule has 40 heavy (non-hydrogen) atoms. The van der Waals surface area contributed by atoms with Crippen LogP contribution in [0.3, 0.4) is 0 Å². The third-order valence-corrected chi connectivity index (χ3v) is 9.65. The second-order valence-corrected chi connectivity index (χ2v) is 12.5. The number of benzene rings is 3. The summed E-state index contributed by atoms with van der Waals surface area (Å²) in [7, 11) is -2.10. The molecule has 0 unspecified atom stereocenters. The average Bonchev–Trinajstić information content (AvgIpc) is 2.99. The molecule has 214 valence electrons. The van der Waals surface area contributed by atoms with Crippen molar-refractivity contribution in [3.63, 3.8) is 0 Å². The number of para-hydroxylation sites is 1. The summed E-state index contributed by atoms with van der Waals surface area (Å²) in [5, 5.41) is 0. The van der Waals surface area contributed by atoms with Gasteiger partial charge in [0, 0.05) is 56.7 Å². The van der Waals surface area contributed by atoms with Crippen LogP contribution in [-0.4, -0.2) is 77.2 Å². The first-order chi connectivity index (χ1) is 19.4. The van der Waals surface area contributed by atoms with Gasteiger partial charge in [-0.15, -0.1) is 0 Å². The highest BCUT2D eigenvalue weighted by Crippen LogP contribution is 2.29. The van der Waals surface area contributed by atoms with E-state index in [9.17, 15) is 8.42 Å². The number of piperazine rings is 1. The van der Waals surface area contributed by atoms with Crippen LogP contribution in [0.4, 0.5) is 11.4 Å². The molecule has 1 atom stereocenters. The topological polar surface area (TPSA) is 65.1 Å². The van der Waals surface area contributed by atoms with Crippen molar-refractivity contribution < 1.29 is 13.2 Å². The van der Waals surface area contributed by atoms with E-state index in [4.69, 9.17) is 4.74 Å². The van der Waals surface area contributed by atoms with E-state index in [-0.39, 0.29) is 4.90 Å². The Morgan fingerprint density at radius 1 is 0.925 bits per heavy atom. The number of fused-ring (bicyclic) bond motifs is 1. The van der Waals surface area contributed by atoms with E-state index in [0.29, 0.717) is 17.5 Å². The van der Waals surface area contributed by atoms with Gasteiger partial charge in [-0.2, -0.15) is 0 Å². The Balaban J connectivity index is 1.18. The van der Waals surface area contributed by atoms with E-state index < -0.39 is 10.0 Å². The minimum atomic E-state index is -3.67. The van der Waals surface area contributed by atoms with Crippen molar-refractivity contribution in [1.82, 2.24) is 9.80 Å². The number of hydrogen-bond donors (Lipinski definition) is 1. The number of hydrogen-bond acceptors (Lipinski definition) is 6. The lowest BCUT2D eigenvalue weighted by Gasteiger charge is -2.39. The van der Waals surface area contributed by atoms with E-state index in [0.717, 1.165) is 71.5 Å². The molecule has 0 spiro atoms. The molecule has 1 aliphatic heterocycles. The van der Waals surface area contributed by atoms with E-state index in [1.54, 1.807) is 31.4 Å². The van der Waals surface area contributed by atoms with Gasteiger partial charge in [0.1, 0.15) is 5.75 Å². The summed E-state index contributed by atoms with van der Waals surface area (Å²) >= 11 is 0. The number of anilines is 2. The fraction of sp³-hybridized carbons (Fsp3) is 0.438. The molecule has 1 heterocycles. The third-order valence-electron chi connectivity index (χ3n) is 8.25. The monoisotopic (exact) mass is 562 g/mol. The van der Waals surface area contributed by atoms with Crippen molar-refractivity contribution in [3.8, 4) is 5.75 Å². The van der Waals surface area contributed by atoms with Crippen molar-refractivity contribution in [2.24, 2.45) is 0 Å². The van der Waals surface area contributed by atoms with Crippen molar-refractivity contribution in [1.29, 1.82) is 0 Å². The van der Waals surface area contributed by atoms with Gasteiger partial charge in [-0.3, -0.25) is 14.5 Å². The van der Waals surface area contributed by atoms with Gasteiger partial charge in [0.25, 0.3) is 10.0 Å². The molecule has 1 fully saturated rings. The Bertz CT molecular complexity index is 1340. The van der Waals surface area contributed by atoms with E-state index in [1.165, 1.54) is 16.8 Å². The average molecular weight is 563 g/mol. The molecule has 3 aromatic rings. The lowest BCUT2D eigenvalue weighted by Crippen LogP contribution is -2.50. The summed E-state index contributed by atoms with van der Waals surface area (Å²) in [6, 6.07) is 23.7. The van der Waals surface area contributed by atoms with Crippen LogP contribution in [0.5, 0.6) is 5.75 Å². The van der Waals surface area contributed by atoms with Crippen molar-refractivity contribution in [3.05, 3.63) is 83.9 Å². The maximum absolute atomic E-state index is 13.0. The minimum absolute atomic E-state index is 0.225. The normalized spacial score (nSPS) is 18.0. The smallest absolute Gasteiger partial charge is 0.261 e. The van der Waals surface area contributed by atoms with Crippen LogP contribution in [0.15, 0.2) is 77.7 Å². The van der Waals surface area contributed by atoms with Gasteiger partial charge in [-0.25, -0.2) is 8.42 Å². The first kappa shape index (κ1) is 28.5. The van der Waals surface area contributed by atoms with Crippen LogP contribution in [0.1, 0.15) is 30.9 Å². The van der Waals surface area contributed by atoms with Crippen molar-refractivity contribution in [2.45, 2.75) is 43.5 Å². The number of ether oxygens (including phenoxy) is 1. The summed E-state index contributed by atoms with van der Waals surface area (Å²) in [5.74, 6) is 0.629. The predicted octanol–water partition coefficient (Wildman–Crippen LogP) is 4.89. The van der Waals surface area contributed by atoms with E-state index in [1.807, 2.05) is 12.1 Å². The first-order valence-corrected chi connectivity index (χ1v) is 16.0. The van der Waals surface area contributed by atoms with Gasteiger partial charge in [-0.1, -0.05) is 31.2 Å². The van der Waals surface area contributed by atoms with Gasteiger partial charge >= 0.3 is 0 Å². The largest absolute Gasteiger partial charge is 0.497 e. The first-order valence-electron chi connectivity index (χ1n) is 14.5. The molecule has 0 bridgehead atoms.